The summed E-state index contributed by atoms with van der Waals surface area (Å²) in [5.41, 5.74) is 4.33. The van der Waals surface area contributed by atoms with Crippen molar-refractivity contribution >= 4 is 12.1 Å². The smallest absolute Gasteiger partial charge is 0.418 e. The molecule has 0 bridgehead atoms. The minimum absolute atomic E-state index is 0.122. The third kappa shape index (κ3) is 7.11. The van der Waals surface area contributed by atoms with E-state index in [1.165, 1.54) is 0 Å². The minimum Gasteiger partial charge on any atom is -0.443 e. The molecule has 6 heteroatoms. The predicted molar refractivity (Wildman–Crippen MR) is 70.3 cm³/mol. The lowest BCUT2D eigenvalue weighted by Gasteiger charge is -2.29. The molecule has 3 N–H and O–H groups in total. The van der Waals surface area contributed by atoms with Crippen molar-refractivity contribution in [3.63, 3.8) is 0 Å². The molecule has 0 aromatic carbocycles. The van der Waals surface area contributed by atoms with Crippen LogP contribution in [0, 0.1) is 0 Å². The highest BCUT2D eigenvalue weighted by molar-refractivity contribution is 5.91. The molecule has 0 atom stereocenters. The fraction of sp³-hybridized carbons (Fsp3) is 0.833. The Labute approximate surface area is 109 Å². The number of urea groups is 1. The Hall–Kier alpha value is -1.30. The number of hydrogen-bond acceptors (Lipinski definition) is 4. The van der Waals surface area contributed by atoms with Gasteiger partial charge >= 0.3 is 12.1 Å². The van der Waals surface area contributed by atoms with E-state index in [9.17, 15) is 9.59 Å². The van der Waals surface area contributed by atoms with E-state index in [2.05, 4.69) is 5.32 Å². The van der Waals surface area contributed by atoms with E-state index in [4.69, 9.17) is 10.5 Å². The van der Waals surface area contributed by atoms with Gasteiger partial charge in [-0.2, -0.15) is 0 Å². The first-order valence-corrected chi connectivity index (χ1v) is 5.99. The second-order valence-electron chi connectivity index (χ2n) is 6.10. The number of rotatable bonds is 2. The number of nitrogens with zero attached hydrogens (tertiary/aromatic N) is 1. The van der Waals surface area contributed by atoms with Crippen molar-refractivity contribution in [1.82, 2.24) is 10.2 Å². The van der Waals surface area contributed by atoms with Crippen LogP contribution in [0.25, 0.3) is 0 Å². The number of hydrogen-bond donors (Lipinski definition) is 2. The molecule has 6 nitrogen and oxygen atoms in total. The molecule has 0 aromatic rings. The lowest BCUT2D eigenvalue weighted by molar-refractivity contribution is 0.0321. The maximum Gasteiger partial charge on any atom is 0.418 e. The fourth-order valence-corrected chi connectivity index (χ4v) is 1.11. The Bertz CT molecular complexity index is 275. The molecule has 0 radical (unpaired) electrons. The molecule has 0 unspecified atom stereocenters. The highest BCUT2D eigenvalue weighted by Crippen LogP contribution is 2.10. The molecule has 3 amide bonds. The normalized spacial score (nSPS) is 11.9. The van der Waals surface area contributed by atoms with Crippen LogP contribution in [0.5, 0.6) is 0 Å². The Morgan fingerprint density at radius 1 is 1.17 bits per heavy atom. The molecule has 0 aliphatic heterocycles. The van der Waals surface area contributed by atoms with Gasteiger partial charge in [0.05, 0.1) is 0 Å². The second kappa shape index (κ2) is 6.04. The van der Waals surface area contributed by atoms with Crippen LogP contribution in [-0.2, 0) is 4.74 Å². The van der Waals surface area contributed by atoms with E-state index in [-0.39, 0.29) is 13.1 Å². The largest absolute Gasteiger partial charge is 0.443 e. The third-order valence-electron chi connectivity index (χ3n) is 1.69. The zero-order valence-corrected chi connectivity index (χ0v) is 12.2. The van der Waals surface area contributed by atoms with Crippen molar-refractivity contribution in [3.8, 4) is 0 Å². The zero-order valence-electron chi connectivity index (χ0n) is 12.2. The SMILES string of the molecule is CC(C)(C)NC(=O)N(CCN)C(=O)OC(C)(C)C. The van der Waals surface area contributed by atoms with E-state index < -0.39 is 23.3 Å². The lowest BCUT2D eigenvalue weighted by Crippen LogP contribution is -2.52. The van der Waals surface area contributed by atoms with Gasteiger partial charge in [0.25, 0.3) is 0 Å². The summed E-state index contributed by atoms with van der Waals surface area (Å²) in [4.78, 5) is 24.8. The molecule has 0 fully saturated rings. The molecule has 0 heterocycles. The first kappa shape index (κ1) is 16.7. The van der Waals surface area contributed by atoms with Crippen molar-refractivity contribution in [2.24, 2.45) is 5.73 Å². The molecule has 0 saturated heterocycles. The average Bonchev–Trinajstić information content (AvgIpc) is 2.07. The molecule has 0 spiro atoms. The number of ether oxygens (including phenoxy) is 1. The van der Waals surface area contributed by atoms with E-state index in [0.29, 0.717) is 0 Å². The van der Waals surface area contributed by atoms with Crippen molar-refractivity contribution in [1.29, 1.82) is 0 Å². The van der Waals surface area contributed by atoms with Gasteiger partial charge in [0.1, 0.15) is 5.60 Å². The first-order valence-electron chi connectivity index (χ1n) is 5.99. The summed E-state index contributed by atoms with van der Waals surface area (Å²) in [6, 6.07) is -0.498. The molecule has 106 valence electrons. The Kier molecular flexibility index (Phi) is 5.60. The summed E-state index contributed by atoms with van der Waals surface area (Å²) in [5, 5.41) is 2.70. The van der Waals surface area contributed by atoms with Gasteiger partial charge in [0, 0.05) is 18.6 Å². The average molecular weight is 259 g/mol. The monoisotopic (exact) mass is 259 g/mol. The lowest BCUT2D eigenvalue weighted by atomic mass is 10.1. The van der Waals surface area contributed by atoms with Crippen LogP contribution >= 0.6 is 0 Å². The number of amides is 3. The Balaban J connectivity index is 4.75. The summed E-state index contributed by atoms with van der Waals surface area (Å²) in [6.45, 7) is 11.0. The van der Waals surface area contributed by atoms with Gasteiger partial charge in [-0.05, 0) is 41.5 Å². The summed E-state index contributed by atoms with van der Waals surface area (Å²) >= 11 is 0. The second-order valence-corrected chi connectivity index (χ2v) is 6.10. The molecular weight excluding hydrogens is 234 g/mol. The van der Waals surface area contributed by atoms with E-state index >= 15 is 0 Å². The van der Waals surface area contributed by atoms with Gasteiger partial charge in [-0.3, -0.25) is 0 Å². The van der Waals surface area contributed by atoms with Crippen molar-refractivity contribution < 1.29 is 14.3 Å². The number of nitrogens with two attached hydrogens (primary N) is 1. The maximum absolute atomic E-state index is 11.9. The number of imide groups is 1. The van der Waals surface area contributed by atoms with Crippen molar-refractivity contribution in [2.45, 2.75) is 52.7 Å². The number of carbonyl (C=O) groups is 2. The number of nitrogens with one attached hydrogen (secondary N) is 1. The van der Waals surface area contributed by atoms with Gasteiger partial charge < -0.3 is 15.8 Å². The van der Waals surface area contributed by atoms with Gasteiger partial charge in [0.2, 0.25) is 0 Å². The van der Waals surface area contributed by atoms with Crippen molar-refractivity contribution in [2.75, 3.05) is 13.1 Å². The van der Waals surface area contributed by atoms with Crippen LogP contribution in [0.4, 0.5) is 9.59 Å². The van der Waals surface area contributed by atoms with Gasteiger partial charge in [0.15, 0.2) is 0 Å². The van der Waals surface area contributed by atoms with Gasteiger partial charge in [-0.1, -0.05) is 0 Å². The fourth-order valence-electron chi connectivity index (χ4n) is 1.11. The van der Waals surface area contributed by atoms with Crippen molar-refractivity contribution in [3.05, 3.63) is 0 Å². The number of carbonyl (C=O) groups excluding carboxylic acids is 2. The molecular formula is C12H25N3O3. The zero-order chi connectivity index (χ0) is 14.6. The van der Waals surface area contributed by atoms with Gasteiger partial charge in [-0.15, -0.1) is 0 Å². The van der Waals surface area contributed by atoms with Crippen LogP contribution < -0.4 is 11.1 Å². The highest BCUT2D eigenvalue weighted by Gasteiger charge is 2.28. The van der Waals surface area contributed by atoms with E-state index in [1.54, 1.807) is 20.8 Å². The summed E-state index contributed by atoms with van der Waals surface area (Å²) < 4.78 is 5.16. The highest BCUT2D eigenvalue weighted by atomic mass is 16.6. The van der Waals surface area contributed by atoms with Crippen LogP contribution in [0.1, 0.15) is 41.5 Å². The maximum atomic E-state index is 11.9. The molecule has 0 aliphatic rings. The Morgan fingerprint density at radius 3 is 2.00 bits per heavy atom. The van der Waals surface area contributed by atoms with Crippen LogP contribution in [-0.4, -0.2) is 41.3 Å². The summed E-state index contributed by atoms with van der Waals surface area (Å²) in [6.07, 6.45) is -0.685. The van der Waals surface area contributed by atoms with Crippen LogP contribution in [0.3, 0.4) is 0 Å². The first-order chi connectivity index (χ1) is 7.96. The van der Waals surface area contributed by atoms with Crippen LogP contribution in [0.2, 0.25) is 0 Å². The summed E-state index contributed by atoms with van der Waals surface area (Å²) in [5.74, 6) is 0. The molecule has 0 aromatic heterocycles. The quantitative estimate of drug-likeness (QED) is 0.790. The third-order valence-corrected chi connectivity index (χ3v) is 1.69. The van der Waals surface area contributed by atoms with Gasteiger partial charge in [-0.25, -0.2) is 14.5 Å². The predicted octanol–water partition coefficient (Wildman–Crippen LogP) is 1.69. The van der Waals surface area contributed by atoms with E-state index in [0.717, 1.165) is 4.90 Å². The summed E-state index contributed by atoms with van der Waals surface area (Å²) in [7, 11) is 0. The molecule has 0 saturated carbocycles. The van der Waals surface area contributed by atoms with Crippen LogP contribution in [0.15, 0.2) is 0 Å². The molecule has 0 aliphatic carbocycles. The molecule has 18 heavy (non-hydrogen) atoms. The standard InChI is InChI=1S/C12H25N3O3/c1-11(2,3)14-9(16)15(8-7-13)10(17)18-12(4,5)6/h7-8,13H2,1-6H3,(H,14,16). The Morgan fingerprint density at radius 2 is 1.67 bits per heavy atom. The topological polar surface area (TPSA) is 84.7 Å². The minimum atomic E-state index is -0.685. The molecule has 0 rings (SSSR count). The van der Waals surface area contributed by atoms with E-state index in [1.807, 2.05) is 20.8 Å².